The van der Waals surface area contributed by atoms with E-state index in [1.807, 2.05) is 49.4 Å². The number of H-pyrrole nitrogens is 1. The van der Waals surface area contributed by atoms with Crippen LogP contribution in [0.25, 0.3) is 16.7 Å². The number of aromatic amines is 1. The maximum absolute atomic E-state index is 12.0. The number of hydrogen-bond donors (Lipinski definition) is 1. The van der Waals surface area contributed by atoms with Crippen LogP contribution >= 0.6 is 0 Å². The van der Waals surface area contributed by atoms with Crippen LogP contribution < -0.4 is 10.4 Å². The van der Waals surface area contributed by atoms with Gasteiger partial charge in [-0.25, -0.2) is 24.7 Å². The van der Waals surface area contributed by atoms with Crippen molar-refractivity contribution in [3.8, 4) is 11.6 Å². The molecule has 0 saturated heterocycles. The fourth-order valence-electron chi connectivity index (χ4n) is 2.74. The molecule has 0 unspecified atom stereocenters. The molecule has 1 N–H and O–H groups in total. The lowest BCUT2D eigenvalue weighted by Crippen LogP contribution is -2.40. The summed E-state index contributed by atoms with van der Waals surface area (Å²) in [5.41, 5.74) is 4.23. The molecule has 7 nitrogen and oxygen atoms in total. The average Bonchev–Trinajstić information content (AvgIpc) is 2.64. The number of benzene rings is 2. The van der Waals surface area contributed by atoms with Crippen molar-refractivity contribution in [2.45, 2.75) is 13.5 Å². The quantitative estimate of drug-likeness (QED) is 0.621. The monoisotopic (exact) mass is 335 g/mol. The topological polar surface area (TPSA) is 77.7 Å². The largest absolute Gasteiger partial charge is 0.472 e. The van der Waals surface area contributed by atoms with Crippen LogP contribution in [-0.2, 0) is 13.7 Å². The Labute approximate surface area is 143 Å². The Hall–Kier alpha value is -3.35. The zero-order chi connectivity index (χ0) is 17.4. The van der Waals surface area contributed by atoms with Crippen LogP contribution in [0.3, 0.4) is 0 Å². The summed E-state index contributed by atoms with van der Waals surface area (Å²) in [5.74, 6) is 0.452. The van der Waals surface area contributed by atoms with Crippen LogP contribution in [0.2, 0.25) is 0 Å². The predicted molar refractivity (Wildman–Crippen MR) is 94.0 cm³/mol. The van der Waals surface area contributed by atoms with Crippen LogP contribution in [0, 0.1) is 6.92 Å². The third kappa shape index (κ3) is 2.69. The van der Waals surface area contributed by atoms with Gasteiger partial charge in [0, 0.05) is 12.6 Å². The van der Waals surface area contributed by atoms with E-state index in [1.54, 1.807) is 13.2 Å². The summed E-state index contributed by atoms with van der Waals surface area (Å²) in [7, 11) is 1.68. The van der Waals surface area contributed by atoms with Crippen molar-refractivity contribution in [2.24, 2.45) is 7.05 Å². The Balaban J connectivity index is 1.64. The Morgan fingerprint density at radius 2 is 1.92 bits per heavy atom. The Kier molecular flexibility index (Phi) is 3.61. The molecule has 0 radical (unpaired) electrons. The van der Waals surface area contributed by atoms with Gasteiger partial charge in [0.25, 0.3) is 0 Å². The van der Waals surface area contributed by atoms with Crippen LogP contribution in [0.1, 0.15) is 11.1 Å². The summed E-state index contributed by atoms with van der Waals surface area (Å²) < 4.78 is 8.77. The highest BCUT2D eigenvalue weighted by Crippen LogP contribution is 2.20. The summed E-state index contributed by atoms with van der Waals surface area (Å²) >= 11 is 0. The summed E-state index contributed by atoms with van der Waals surface area (Å²) in [5, 5.41) is 2.93. The second-order valence-corrected chi connectivity index (χ2v) is 5.84. The number of para-hydroxylation sites is 2. The number of fused-ring (bicyclic) bond motifs is 1. The van der Waals surface area contributed by atoms with Gasteiger partial charge in [0.15, 0.2) is 0 Å². The smallest absolute Gasteiger partial charge is 0.364 e. The van der Waals surface area contributed by atoms with Gasteiger partial charge in [-0.3, -0.25) is 0 Å². The van der Waals surface area contributed by atoms with Crippen molar-refractivity contribution in [2.75, 3.05) is 0 Å². The second-order valence-electron chi connectivity index (χ2n) is 5.84. The number of ether oxygens (including phenoxy) is 1. The first kappa shape index (κ1) is 15.2. The van der Waals surface area contributed by atoms with E-state index in [0.29, 0.717) is 12.5 Å². The third-order valence-corrected chi connectivity index (χ3v) is 4.15. The summed E-state index contributed by atoms with van der Waals surface area (Å²) in [6, 6.07) is 13.4. The first-order valence-corrected chi connectivity index (χ1v) is 7.90. The van der Waals surface area contributed by atoms with E-state index < -0.39 is 0 Å². The average molecular weight is 335 g/mol. The van der Waals surface area contributed by atoms with Crippen molar-refractivity contribution in [3.63, 3.8) is 0 Å². The first-order valence-electron chi connectivity index (χ1n) is 7.90. The van der Waals surface area contributed by atoms with Gasteiger partial charge in [0.05, 0.1) is 22.9 Å². The van der Waals surface area contributed by atoms with E-state index in [0.717, 1.165) is 27.8 Å². The fraction of sp³-hybridized carbons (Fsp3) is 0.167. The van der Waals surface area contributed by atoms with Crippen molar-refractivity contribution in [3.05, 3.63) is 70.3 Å². The minimum Gasteiger partial charge on any atom is -0.472 e. The van der Waals surface area contributed by atoms with Crippen LogP contribution in [-0.4, -0.2) is 24.5 Å². The highest BCUT2D eigenvalue weighted by molar-refractivity contribution is 5.73. The lowest BCUT2D eigenvalue weighted by atomic mass is 10.1. The number of nitrogens with zero attached hydrogens (tertiary/aromatic N) is 4. The maximum Gasteiger partial charge on any atom is 0.364 e. The molecule has 0 saturated carbocycles. The molecule has 0 bridgehead atoms. The first-order chi connectivity index (χ1) is 12.1. The minimum atomic E-state index is -0.114. The summed E-state index contributed by atoms with van der Waals surface area (Å²) in [4.78, 5) is 20.8. The van der Waals surface area contributed by atoms with Gasteiger partial charge in [0.1, 0.15) is 6.61 Å². The fourth-order valence-corrected chi connectivity index (χ4v) is 2.74. The number of hydrogen-bond acceptors (Lipinski definition) is 4. The molecule has 2 aromatic carbocycles. The van der Waals surface area contributed by atoms with E-state index in [4.69, 9.17) is 4.74 Å². The Morgan fingerprint density at radius 1 is 1.12 bits per heavy atom. The van der Waals surface area contributed by atoms with E-state index in [9.17, 15) is 4.79 Å². The van der Waals surface area contributed by atoms with E-state index in [-0.39, 0.29) is 5.69 Å². The molecule has 0 aliphatic heterocycles. The van der Waals surface area contributed by atoms with Crippen LogP contribution in [0.15, 0.2) is 53.5 Å². The normalized spacial score (nSPS) is 11.1. The molecular weight excluding hydrogens is 318 g/mol. The lowest BCUT2D eigenvalue weighted by molar-refractivity contribution is 0.291. The molecule has 4 rings (SSSR count). The van der Waals surface area contributed by atoms with E-state index in [2.05, 4.69) is 15.2 Å². The standard InChI is InChI=1S/C18H17N5O2/c1-12-6-5-9-16(23-18(24)22(2)21-23)13(12)11-25-17-10-19-14-7-3-4-8-15(14)20-17/h3-10,21H,11H2,1-2H3. The molecule has 7 heteroatoms. The molecule has 0 atom stereocenters. The van der Waals surface area contributed by atoms with Gasteiger partial charge >= 0.3 is 5.69 Å². The second kappa shape index (κ2) is 5.94. The SMILES string of the molecule is Cc1cccc(-n2[nH]n(C)c2=O)c1COc1cnc2ccccc2n1. The molecular formula is C18H17N5O2. The third-order valence-electron chi connectivity index (χ3n) is 4.15. The number of aromatic nitrogens is 5. The molecule has 2 aromatic heterocycles. The molecule has 4 aromatic rings. The van der Waals surface area contributed by atoms with Crippen LogP contribution in [0.4, 0.5) is 0 Å². The summed E-state index contributed by atoms with van der Waals surface area (Å²) in [6.07, 6.45) is 1.61. The molecule has 0 aliphatic rings. The molecule has 0 aliphatic carbocycles. The van der Waals surface area contributed by atoms with Gasteiger partial charge in [-0.2, -0.15) is 4.68 Å². The van der Waals surface area contributed by atoms with E-state index in [1.165, 1.54) is 9.36 Å². The molecule has 0 spiro atoms. The predicted octanol–water partition coefficient (Wildman–Crippen LogP) is 2.33. The Bertz CT molecular complexity index is 1110. The number of nitrogens with one attached hydrogen (secondary N) is 1. The van der Waals surface area contributed by atoms with Crippen molar-refractivity contribution < 1.29 is 4.74 Å². The molecule has 126 valence electrons. The van der Waals surface area contributed by atoms with Gasteiger partial charge in [0.2, 0.25) is 5.88 Å². The van der Waals surface area contributed by atoms with Crippen molar-refractivity contribution in [1.29, 1.82) is 0 Å². The maximum atomic E-state index is 12.0. The zero-order valence-corrected chi connectivity index (χ0v) is 13.9. The van der Waals surface area contributed by atoms with Gasteiger partial charge in [-0.1, -0.05) is 24.3 Å². The van der Waals surface area contributed by atoms with Gasteiger partial charge in [-0.15, -0.1) is 0 Å². The van der Waals surface area contributed by atoms with Crippen LogP contribution in [0.5, 0.6) is 5.88 Å². The number of rotatable bonds is 4. The Morgan fingerprint density at radius 3 is 2.68 bits per heavy atom. The molecule has 2 heterocycles. The molecule has 25 heavy (non-hydrogen) atoms. The minimum absolute atomic E-state index is 0.114. The van der Waals surface area contributed by atoms with E-state index >= 15 is 0 Å². The molecule has 0 amide bonds. The van der Waals surface area contributed by atoms with Crippen molar-refractivity contribution in [1.82, 2.24) is 24.5 Å². The zero-order valence-electron chi connectivity index (χ0n) is 13.9. The summed E-state index contributed by atoms with van der Waals surface area (Å²) in [6.45, 7) is 2.28. The highest BCUT2D eigenvalue weighted by Gasteiger charge is 2.14. The van der Waals surface area contributed by atoms with Gasteiger partial charge in [-0.05, 0) is 30.7 Å². The lowest BCUT2D eigenvalue weighted by Gasteiger charge is -2.18. The van der Waals surface area contributed by atoms with Crippen molar-refractivity contribution >= 4 is 11.0 Å². The number of aryl methyl sites for hydroxylation is 2. The molecule has 0 fully saturated rings. The van der Waals surface area contributed by atoms with Gasteiger partial charge < -0.3 is 4.74 Å². The highest BCUT2D eigenvalue weighted by atomic mass is 16.5.